The van der Waals surface area contributed by atoms with E-state index in [1.165, 1.54) is 37.7 Å². The van der Waals surface area contributed by atoms with E-state index in [1.807, 2.05) is 36.4 Å². The molecule has 5 rings (SSSR count). The van der Waals surface area contributed by atoms with Gasteiger partial charge in [0.1, 0.15) is 17.3 Å². The first-order chi connectivity index (χ1) is 16.2. The minimum atomic E-state index is 0.328. The van der Waals surface area contributed by atoms with Gasteiger partial charge in [-0.05, 0) is 24.5 Å². The average molecular weight is 441 g/mol. The molecule has 2 aromatic carbocycles. The van der Waals surface area contributed by atoms with E-state index in [1.54, 1.807) is 7.05 Å². The highest BCUT2D eigenvalue weighted by Crippen LogP contribution is 2.32. The second-order valence-electron chi connectivity index (χ2n) is 8.51. The molecule has 8 heteroatoms. The lowest BCUT2D eigenvalue weighted by Gasteiger charge is -2.24. The Morgan fingerprint density at radius 1 is 1.09 bits per heavy atom. The van der Waals surface area contributed by atoms with Gasteiger partial charge in [0, 0.05) is 36.0 Å². The number of hydrogen-bond acceptors (Lipinski definition) is 6. The van der Waals surface area contributed by atoms with E-state index >= 15 is 0 Å². The smallest absolute Gasteiger partial charge is 0.200 e. The van der Waals surface area contributed by atoms with Crippen LogP contribution in [-0.2, 0) is 6.42 Å². The molecule has 0 saturated heterocycles. The Morgan fingerprint density at radius 3 is 2.67 bits per heavy atom. The van der Waals surface area contributed by atoms with Crippen LogP contribution in [0, 0.1) is 5.53 Å². The van der Waals surface area contributed by atoms with Gasteiger partial charge < -0.3 is 15.7 Å². The number of aromatic nitrogens is 3. The first-order valence-corrected chi connectivity index (χ1v) is 11.5. The maximum absolute atomic E-state index is 7.44. The number of H-pyrrole nitrogens is 1. The molecule has 33 heavy (non-hydrogen) atoms. The van der Waals surface area contributed by atoms with Gasteiger partial charge in [0.2, 0.25) is 0 Å². The molecule has 2 heterocycles. The van der Waals surface area contributed by atoms with Crippen molar-refractivity contribution in [2.24, 2.45) is 10.2 Å². The van der Waals surface area contributed by atoms with Crippen LogP contribution in [-0.4, -0.2) is 33.9 Å². The van der Waals surface area contributed by atoms with Crippen molar-refractivity contribution in [1.82, 2.24) is 20.4 Å². The van der Waals surface area contributed by atoms with Crippen LogP contribution in [0.3, 0.4) is 0 Å². The predicted molar refractivity (Wildman–Crippen MR) is 132 cm³/mol. The summed E-state index contributed by atoms with van der Waals surface area (Å²) in [4.78, 5) is 13.3. The molecule has 4 aromatic rings. The molecule has 0 unspecified atom stereocenters. The third-order valence-corrected chi connectivity index (χ3v) is 6.23. The largest absolute Gasteiger partial charge is 0.367 e. The Labute approximate surface area is 192 Å². The number of nitrogens with one attached hydrogen (secondary N) is 4. The minimum Gasteiger partial charge on any atom is -0.367 e. The molecule has 0 aliphatic heterocycles. The number of nitrogens with zero attached hydrogens (tertiary/aromatic N) is 4. The van der Waals surface area contributed by atoms with Crippen LogP contribution < -0.4 is 10.7 Å². The number of benzene rings is 2. The number of fused-ring (bicyclic) bond motifs is 3. The first kappa shape index (κ1) is 21.1. The standard InChI is InChI=1S/C25H28N8/c1-27-33-23(32-26)17-12-13-19-20(15-17)29-25-22(19)24(28-18-10-6-3-7-11-18)30-21(31-25)14-16-8-4-2-5-9-16/h2,4-5,8-9,12-13,15,18,26-27H,3,6-7,10-11,14H2,1H3,(H2,28,29,30,31)/b32-26?,33-23-. The van der Waals surface area contributed by atoms with Crippen LogP contribution in [0.1, 0.15) is 49.1 Å². The van der Waals surface area contributed by atoms with Gasteiger partial charge in [-0.25, -0.2) is 15.5 Å². The Morgan fingerprint density at radius 2 is 1.91 bits per heavy atom. The maximum atomic E-state index is 7.44. The third-order valence-electron chi connectivity index (χ3n) is 6.23. The Bertz CT molecular complexity index is 1300. The first-order valence-electron chi connectivity index (χ1n) is 11.5. The molecule has 168 valence electrons. The number of rotatable bonds is 6. The topological polar surface area (TPSA) is 114 Å². The summed E-state index contributed by atoms with van der Waals surface area (Å²) in [6.07, 6.45) is 6.83. The molecule has 0 radical (unpaired) electrons. The van der Waals surface area contributed by atoms with E-state index in [9.17, 15) is 0 Å². The van der Waals surface area contributed by atoms with Crippen LogP contribution in [0.2, 0.25) is 0 Å². The predicted octanol–water partition coefficient (Wildman–Crippen LogP) is 5.36. The van der Waals surface area contributed by atoms with E-state index in [0.717, 1.165) is 39.1 Å². The zero-order valence-corrected chi connectivity index (χ0v) is 18.7. The highest BCUT2D eigenvalue weighted by Gasteiger charge is 2.19. The van der Waals surface area contributed by atoms with Crippen LogP contribution in [0.15, 0.2) is 58.7 Å². The van der Waals surface area contributed by atoms with Crippen molar-refractivity contribution < 1.29 is 0 Å². The van der Waals surface area contributed by atoms with Gasteiger partial charge in [-0.1, -0.05) is 61.7 Å². The highest BCUT2D eigenvalue weighted by atomic mass is 15.3. The molecular formula is C25H28N8. The Hall–Kier alpha value is -3.81. The van der Waals surface area contributed by atoms with Gasteiger partial charge in [-0.2, -0.15) is 5.10 Å². The van der Waals surface area contributed by atoms with E-state index in [0.29, 0.717) is 18.3 Å². The van der Waals surface area contributed by atoms with Crippen molar-refractivity contribution >= 4 is 33.6 Å². The molecule has 1 saturated carbocycles. The minimum absolute atomic E-state index is 0.328. The van der Waals surface area contributed by atoms with E-state index in [4.69, 9.17) is 15.5 Å². The van der Waals surface area contributed by atoms with Crippen molar-refractivity contribution in [3.63, 3.8) is 0 Å². The molecule has 8 nitrogen and oxygen atoms in total. The van der Waals surface area contributed by atoms with E-state index in [-0.39, 0.29) is 0 Å². The summed E-state index contributed by atoms with van der Waals surface area (Å²) in [6, 6.07) is 16.7. The molecule has 1 fully saturated rings. The van der Waals surface area contributed by atoms with Crippen LogP contribution in [0.4, 0.5) is 5.82 Å². The molecule has 4 N–H and O–H groups in total. The van der Waals surface area contributed by atoms with Crippen molar-refractivity contribution in [2.75, 3.05) is 12.4 Å². The molecule has 1 aliphatic rings. The number of hydrogen-bond donors (Lipinski definition) is 4. The molecule has 1 aliphatic carbocycles. The SMILES string of the molecule is CN/N=C(\N=N)c1ccc2c(c1)[nH]c1nc(Cc3ccccc3)nc(NC3CCCCC3)c12. The summed E-state index contributed by atoms with van der Waals surface area (Å²) >= 11 is 0. The number of aromatic amines is 1. The summed E-state index contributed by atoms with van der Waals surface area (Å²) < 4.78 is 0. The number of hydrazone groups is 1. The fourth-order valence-electron chi connectivity index (χ4n) is 4.65. The van der Waals surface area contributed by atoms with Crippen molar-refractivity contribution in [2.45, 2.75) is 44.6 Å². The van der Waals surface area contributed by atoms with Crippen LogP contribution in [0.25, 0.3) is 21.9 Å². The van der Waals surface area contributed by atoms with Gasteiger partial charge in [0.05, 0.1) is 5.39 Å². The van der Waals surface area contributed by atoms with Gasteiger partial charge in [-0.3, -0.25) is 0 Å². The number of anilines is 1. The second-order valence-corrected chi connectivity index (χ2v) is 8.51. The lowest BCUT2D eigenvalue weighted by molar-refractivity contribution is 0.462. The molecule has 0 atom stereocenters. The molecule has 0 amide bonds. The van der Waals surface area contributed by atoms with Gasteiger partial charge >= 0.3 is 0 Å². The molecule has 0 bridgehead atoms. The highest BCUT2D eigenvalue weighted by molar-refractivity contribution is 6.13. The zero-order chi connectivity index (χ0) is 22.6. The fraction of sp³-hybridized carbons (Fsp3) is 0.320. The van der Waals surface area contributed by atoms with Crippen molar-refractivity contribution in [3.8, 4) is 0 Å². The number of amidine groups is 1. The summed E-state index contributed by atoms with van der Waals surface area (Å²) in [7, 11) is 1.69. The molecule has 0 spiro atoms. The molecule has 2 aromatic heterocycles. The lowest BCUT2D eigenvalue weighted by atomic mass is 9.95. The van der Waals surface area contributed by atoms with Gasteiger partial charge in [0.15, 0.2) is 5.84 Å². The van der Waals surface area contributed by atoms with Crippen LogP contribution >= 0.6 is 0 Å². The summed E-state index contributed by atoms with van der Waals surface area (Å²) in [6.45, 7) is 0. The third kappa shape index (κ3) is 4.41. The summed E-state index contributed by atoms with van der Waals surface area (Å²) in [5.74, 6) is 2.01. The van der Waals surface area contributed by atoms with Crippen LogP contribution in [0.5, 0.6) is 0 Å². The van der Waals surface area contributed by atoms with Crippen molar-refractivity contribution in [3.05, 3.63) is 65.5 Å². The van der Waals surface area contributed by atoms with E-state index < -0.39 is 0 Å². The van der Waals surface area contributed by atoms with Gasteiger partial charge in [0.25, 0.3) is 0 Å². The summed E-state index contributed by atoms with van der Waals surface area (Å²) in [5, 5.41) is 13.4. The normalized spacial score (nSPS) is 15.1. The summed E-state index contributed by atoms with van der Waals surface area (Å²) in [5.41, 5.74) is 13.8. The van der Waals surface area contributed by atoms with Crippen molar-refractivity contribution in [1.29, 1.82) is 5.53 Å². The van der Waals surface area contributed by atoms with E-state index in [2.05, 4.69) is 38.1 Å². The average Bonchev–Trinajstić information content (AvgIpc) is 3.21. The monoisotopic (exact) mass is 440 g/mol. The molecular weight excluding hydrogens is 412 g/mol. The lowest BCUT2D eigenvalue weighted by Crippen LogP contribution is -2.23. The van der Waals surface area contributed by atoms with Gasteiger partial charge in [-0.15, -0.1) is 5.11 Å². The fourth-order valence-corrected chi connectivity index (χ4v) is 4.65. The Kier molecular flexibility index (Phi) is 5.97. The quantitative estimate of drug-likeness (QED) is 0.140. The zero-order valence-electron chi connectivity index (χ0n) is 18.7. The maximum Gasteiger partial charge on any atom is 0.200 e. The second kappa shape index (κ2) is 9.36. The Balaban J connectivity index is 1.62.